The van der Waals surface area contributed by atoms with Crippen molar-refractivity contribution in [1.82, 2.24) is 24.4 Å². The van der Waals surface area contributed by atoms with Crippen LogP contribution < -0.4 is 9.47 Å². The standard InChI is InChI=1S/C28H25F3N6O4/c1-36-21-11-19(27(38)39)12-22(41-28(30)31)25(21)34-23(36)14-37-8-5-17(6-9-37)26-33-7-4-24(35-26)40-15-18-3-2-16(13-32)10-20(18)29/h2-4,7,10-12,17,28H,5-6,8-9,14-15H2,1H3,(H,38,39). The molecule has 212 valence electrons. The van der Waals surface area contributed by atoms with Crippen LogP contribution in [-0.4, -0.2) is 55.2 Å². The first-order valence-electron chi connectivity index (χ1n) is 12.8. The molecule has 41 heavy (non-hydrogen) atoms. The molecule has 1 saturated heterocycles. The number of carboxylic acid groups (broad SMARTS) is 1. The molecule has 1 N–H and O–H groups in total. The molecule has 0 radical (unpaired) electrons. The number of nitrogens with zero attached hydrogens (tertiary/aromatic N) is 6. The van der Waals surface area contributed by atoms with Gasteiger partial charge in [-0.1, -0.05) is 6.07 Å². The predicted molar refractivity (Wildman–Crippen MR) is 139 cm³/mol. The average molecular weight is 567 g/mol. The summed E-state index contributed by atoms with van der Waals surface area (Å²) < 4.78 is 52.1. The number of carbonyl (C=O) groups is 1. The molecule has 2 aromatic carbocycles. The molecule has 0 spiro atoms. The van der Waals surface area contributed by atoms with Gasteiger partial charge in [0, 0.05) is 30.8 Å². The lowest BCUT2D eigenvalue weighted by Gasteiger charge is -2.30. The first-order chi connectivity index (χ1) is 19.7. The number of aromatic nitrogens is 4. The molecule has 5 rings (SSSR count). The fourth-order valence-electron chi connectivity index (χ4n) is 4.82. The number of carboxylic acids is 1. The zero-order chi connectivity index (χ0) is 29.1. The number of ether oxygens (including phenoxy) is 2. The molecular formula is C28H25F3N6O4. The lowest BCUT2D eigenvalue weighted by Crippen LogP contribution is -2.33. The van der Waals surface area contributed by atoms with E-state index in [1.54, 1.807) is 23.9 Å². The first kappa shape index (κ1) is 27.9. The third-order valence-electron chi connectivity index (χ3n) is 7.03. The highest BCUT2D eigenvalue weighted by Gasteiger charge is 2.25. The Kier molecular flexibility index (Phi) is 8.02. The number of nitriles is 1. The van der Waals surface area contributed by atoms with Crippen molar-refractivity contribution < 1.29 is 32.5 Å². The Labute approximate surface area is 232 Å². The Hall–Kier alpha value is -4.70. The van der Waals surface area contributed by atoms with Gasteiger partial charge in [-0.25, -0.2) is 19.2 Å². The van der Waals surface area contributed by atoms with Crippen LogP contribution in [0.3, 0.4) is 0 Å². The minimum Gasteiger partial charge on any atom is -0.478 e. The van der Waals surface area contributed by atoms with E-state index in [1.165, 1.54) is 18.2 Å². The van der Waals surface area contributed by atoms with Gasteiger partial charge in [0.25, 0.3) is 0 Å². The highest BCUT2D eigenvalue weighted by atomic mass is 19.3. The maximum Gasteiger partial charge on any atom is 0.387 e. The maximum absolute atomic E-state index is 14.2. The minimum absolute atomic E-state index is 0.0392. The minimum atomic E-state index is -3.12. The van der Waals surface area contributed by atoms with Crippen molar-refractivity contribution in [2.24, 2.45) is 7.05 Å². The van der Waals surface area contributed by atoms with Gasteiger partial charge in [-0.3, -0.25) is 4.90 Å². The van der Waals surface area contributed by atoms with Crippen molar-refractivity contribution in [2.45, 2.75) is 38.5 Å². The number of halogens is 3. The smallest absolute Gasteiger partial charge is 0.387 e. The van der Waals surface area contributed by atoms with E-state index in [-0.39, 0.29) is 34.9 Å². The zero-order valence-corrected chi connectivity index (χ0v) is 21.9. The molecule has 0 aliphatic carbocycles. The average Bonchev–Trinajstić information content (AvgIpc) is 3.27. The second-order valence-corrected chi connectivity index (χ2v) is 9.62. The van der Waals surface area contributed by atoms with Gasteiger partial charge in [0.2, 0.25) is 5.88 Å². The molecule has 13 heteroatoms. The summed E-state index contributed by atoms with van der Waals surface area (Å²) in [4.78, 5) is 27.1. The van der Waals surface area contributed by atoms with Crippen LogP contribution in [-0.2, 0) is 20.2 Å². The lowest BCUT2D eigenvalue weighted by atomic mass is 9.96. The normalized spacial score (nSPS) is 14.3. The second kappa shape index (κ2) is 11.8. The van der Waals surface area contributed by atoms with E-state index in [1.807, 2.05) is 6.07 Å². The largest absolute Gasteiger partial charge is 0.478 e. The Morgan fingerprint density at radius 1 is 1.20 bits per heavy atom. The Morgan fingerprint density at radius 2 is 1.98 bits per heavy atom. The quantitative estimate of drug-likeness (QED) is 0.309. The fourth-order valence-corrected chi connectivity index (χ4v) is 4.82. The van der Waals surface area contributed by atoms with E-state index in [0.717, 1.165) is 25.0 Å². The predicted octanol–water partition coefficient (Wildman–Crippen LogP) is 4.63. The molecule has 2 aromatic heterocycles. The number of likely N-dealkylation sites (tertiary alicyclic amines) is 1. The topological polar surface area (TPSA) is 126 Å². The summed E-state index contributed by atoms with van der Waals surface area (Å²) in [5.74, 6) is -0.451. The van der Waals surface area contributed by atoms with Gasteiger partial charge in [-0.05, 0) is 50.2 Å². The number of aromatic carboxylic acids is 1. The van der Waals surface area contributed by atoms with Crippen molar-refractivity contribution in [3.05, 3.63) is 76.8 Å². The molecule has 0 bridgehead atoms. The molecule has 0 unspecified atom stereocenters. The molecule has 4 aromatic rings. The van der Waals surface area contributed by atoms with Crippen molar-refractivity contribution in [2.75, 3.05) is 13.1 Å². The van der Waals surface area contributed by atoms with Gasteiger partial charge in [-0.2, -0.15) is 19.0 Å². The van der Waals surface area contributed by atoms with E-state index in [0.29, 0.717) is 48.2 Å². The second-order valence-electron chi connectivity index (χ2n) is 9.62. The SMILES string of the molecule is Cn1c(CN2CCC(c3nccc(OCc4ccc(C#N)cc4F)n3)CC2)nc2c(OC(F)F)cc(C(=O)O)cc21. The number of hydrogen-bond acceptors (Lipinski definition) is 8. The van der Waals surface area contributed by atoms with Crippen molar-refractivity contribution >= 4 is 17.0 Å². The van der Waals surface area contributed by atoms with Crippen LogP contribution in [0.4, 0.5) is 13.2 Å². The van der Waals surface area contributed by atoms with Gasteiger partial charge in [-0.15, -0.1) is 0 Å². The maximum atomic E-state index is 14.2. The summed E-state index contributed by atoms with van der Waals surface area (Å²) in [6.45, 7) is -1.34. The molecule has 0 atom stereocenters. The number of hydrogen-bond donors (Lipinski definition) is 1. The Bertz CT molecular complexity index is 1630. The van der Waals surface area contributed by atoms with E-state index < -0.39 is 18.4 Å². The Morgan fingerprint density at radius 3 is 2.66 bits per heavy atom. The van der Waals surface area contributed by atoms with Crippen molar-refractivity contribution in [1.29, 1.82) is 5.26 Å². The summed E-state index contributed by atoms with van der Waals surface area (Å²) in [5, 5.41) is 18.3. The fraction of sp³-hybridized carbons (Fsp3) is 0.321. The zero-order valence-electron chi connectivity index (χ0n) is 21.9. The van der Waals surface area contributed by atoms with E-state index in [4.69, 9.17) is 10.00 Å². The number of piperidine rings is 1. The third kappa shape index (κ3) is 6.22. The van der Waals surface area contributed by atoms with Crippen LogP contribution in [0.5, 0.6) is 11.6 Å². The lowest BCUT2D eigenvalue weighted by molar-refractivity contribution is -0.0489. The summed E-state index contributed by atoms with van der Waals surface area (Å²) >= 11 is 0. The summed E-state index contributed by atoms with van der Waals surface area (Å²) in [7, 11) is 1.71. The molecule has 1 aliphatic heterocycles. The molecular weight excluding hydrogens is 541 g/mol. The van der Waals surface area contributed by atoms with Crippen LogP contribution >= 0.6 is 0 Å². The molecule has 1 fully saturated rings. The van der Waals surface area contributed by atoms with Gasteiger partial charge in [0.1, 0.15) is 29.6 Å². The summed E-state index contributed by atoms with van der Waals surface area (Å²) in [6, 6.07) is 10.1. The molecule has 1 aliphatic rings. The highest BCUT2D eigenvalue weighted by Crippen LogP contribution is 2.31. The van der Waals surface area contributed by atoms with Gasteiger partial charge >= 0.3 is 12.6 Å². The molecule has 10 nitrogen and oxygen atoms in total. The van der Waals surface area contributed by atoms with Crippen LogP contribution in [0.1, 0.15) is 51.9 Å². The van der Waals surface area contributed by atoms with Crippen LogP contribution in [0, 0.1) is 17.1 Å². The van der Waals surface area contributed by atoms with Gasteiger partial charge < -0.3 is 19.1 Å². The number of imidazole rings is 1. The first-order valence-corrected chi connectivity index (χ1v) is 12.8. The van der Waals surface area contributed by atoms with Crippen molar-refractivity contribution in [3.63, 3.8) is 0 Å². The van der Waals surface area contributed by atoms with Crippen LogP contribution in [0.15, 0.2) is 42.6 Å². The summed E-state index contributed by atoms with van der Waals surface area (Å²) in [5.41, 5.74) is 0.935. The molecule has 0 amide bonds. The van der Waals surface area contributed by atoms with E-state index >= 15 is 0 Å². The van der Waals surface area contributed by atoms with Gasteiger partial charge in [0.15, 0.2) is 5.75 Å². The highest BCUT2D eigenvalue weighted by molar-refractivity contribution is 5.95. The molecule has 0 saturated carbocycles. The number of alkyl halides is 2. The van der Waals surface area contributed by atoms with Crippen molar-refractivity contribution in [3.8, 4) is 17.7 Å². The third-order valence-corrected chi connectivity index (χ3v) is 7.03. The molecule has 3 heterocycles. The number of benzene rings is 2. The number of rotatable bonds is 9. The van der Waals surface area contributed by atoms with E-state index in [2.05, 4.69) is 24.6 Å². The van der Waals surface area contributed by atoms with Crippen LogP contribution in [0.25, 0.3) is 11.0 Å². The van der Waals surface area contributed by atoms with Gasteiger partial charge in [0.05, 0.1) is 29.3 Å². The van der Waals surface area contributed by atoms with Crippen LogP contribution in [0.2, 0.25) is 0 Å². The number of fused-ring (bicyclic) bond motifs is 1. The monoisotopic (exact) mass is 566 g/mol. The summed E-state index contributed by atoms with van der Waals surface area (Å²) in [6.07, 6.45) is 3.10. The Balaban J connectivity index is 1.23. The number of aryl methyl sites for hydroxylation is 1. The van der Waals surface area contributed by atoms with E-state index in [9.17, 15) is 23.1 Å².